The second-order valence-electron chi connectivity index (χ2n) is 6.19. The molecule has 0 amide bonds. The van der Waals surface area contributed by atoms with Gasteiger partial charge in [-0.3, -0.25) is 14.2 Å². The van der Waals surface area contributed by atoms with E-state index < -0.39 is 24.3 Å². The molecule has 0 N–H and O–H groups in total. The molecule has 0 saturated carbocycles. The van der Waals surface area contributed by atoms with Crippen LogP contribution in [0.1, 0.15) is 21.6 Å². The number of nitrogens with zero attached hydrogens (tertiary/aromatic N) is 1. The Balaban J connectivity index is 2.20. The van der Waals surface area contributed by atoms with Gasteiger partial charge < -0.3 is 4.74 Å². The molecule has 0 aliphatic carbocycles. The van der Waals surface area contributed by atoms with E-state index in [1.807, 2.05) is 0 Å². The fourth-order valence-corrected chi connectivity index (χ4v) is 3.18. The van der Waals surface area contributed by atoms with Crippen LogP contribution in [0.15, 0.2) is 42.5 Å². The number of halogens is 4. The summed E-state index contributed by atoms with van der Waals surface area (Å²) in [5, 5.41) is 0.809. The number of Topliss-reactive ketones (excluding diaryl/α,β-unsaturated/α-hetero) is 1. The fourth-order valence-electron chi connectivity index (χ4n) is 3.06. The first kappa shape index (κ1) is 19.9. The number of hydrogen-bond acceptors (Lipinski definition) is 3. The first-order valence-corrected chi connectivity index (χ1v) is 8.59. The van der Waals surface area contributed by atoms with Gasteiger partial charge in [0.15, 0.2) is 0 Å². The predicted octanol–water partition coefficient (Wildman–Crippen LogP) is 4.97. The Bertz CT molecular complexity index is 1070. The highest BCUT2D eigenvalue weighted by Crippen LogP contribution is 2.32. The van der Waals surface area contributed by atoms with Crippen molar-refractivity contribution in [2.75, 3.05) is 7.11 Å². The highest BCUT2D eigenvalue weighted by Gasteiger charge is 2.39. The quantitative estimate of drug-likeness (QED) is 0.611. The third-order valence-corrected chi connectivity index (χ3v) is 4.74. The maximum Gasteiger partial charge on any atom is 0.450 e. The van der Waals surface area contributed by atoms with Gasteiger partial charge in [0.2, 0.25) is 5.78 Å². The summed E-state index contributed by atoms with van der Waals surface area (Å²) in [5.74, 6) is -1.91. The number of benzene rings is 2. The number of carbonyl (C=O) groups is 2. The molecule has 0 aliphatic rings. The van der Waals surface area contributed by atoms with E-state index >= 15 is 0 Å². The first-order valence-electron chi connectivity index (χ1n) is 8.21. The number of ketones is 1. The van der Waals surface area contributed by atoms with Gasteiger partial charge in [0.25, 0.3) is 5.91 Å². The lowest BCUT2D eigenvalue weighted by atomic mass is 10.0. The van der Waals surface area contributed by atoms with Crippen LogP contribution in [0, 0.1) is 6.92 Å². The minimum atomic E-state index is -4.96. The number of rotatable bonds is 4. The van der Waals surface area contributed by atoms with E-state index in [0.29, 0.717) is 27.2 Å². The molecule has 0 unspecified atom stereocenters. The SMILES string of the molecule is COc1ccc2c(c1)c(CC(=O)C(F)(F)F)c(C)n2C(=O)c1ccc(Cl)cc1. The highest BCUT2D eigenvalue weighted by molar-refractivity contribution is 6.30. The Morgan fingerprint density at radius 1 is 1.11 bits per heavy atom. The van der Waals surface area contributed by atoms with Crippen LogP contribution >= 0.6 is 11.6 Å². The van der Waals surface area contributed by atoms with Crippen molar-refractivity contribution in [1.29, 1.82) is 0 Å². The van der Waals surface area contributed by atoms with Gasteiger partial charge in [-0.25, -0.2) is 0 Å². The number of aromatic nitrogens is 1. The highest BCUT2D eigenvalue weighted by atomic mass is 35.5. The van der Waals surface area contributed by atoms with E-state index in [4.69, 9.17) is 16.3 Å². The zero-order valence-electron chi connectivity index (χ0n) is 14.9. The first-order chi connectivity index (χ1) is 13.1. The van der Waals surface area contributed by atoms with Gasteiger partial charge in [-0.15, -0.1) is 0 Å². The molecule has 8 heteroatoms. The molecular formula is C20H15ClF3NO3. The van der Waals surface area contributed by atoms with E-state index in [1.165, 1.54) is 36.8 Å². The number of fused-ring (bicyclic) bond motifs is 1. The Hall–Kier alpha value is -2.80. The molecule has 4 nitrogen and oxygen atoms in total. The number of methoxy groups -OCH3 is 1. The summed E-state index contributed by atoms with van der Waals surface area (Å²) in [5.41, 5.74) is 1.11. The maximum absolute atomic E-state index is 13.0. The monoisotopic (exact) mass is 409 g/mol. The van der Waals surface area contributed by atoms with Crippen LogP contribution in [-0.4, -0.2) is 29.5 Å². The topological polar surface area (TPSA) is 48.3 Å². The van der Waals surface area contributed by atoms with Crippen molar-refractivity contribution >= 4 is 34.2 Å². The molecule has 1 aromatic heterocycles. The summed E-state index contributed by atoms with van der Waals surface area (Å²) in [6.45, 7) is 1.51. The summed E-state index contributed by atoms with van der Waals surface area (Å²) >= 11 is 5.85. The van der Waals surface area contributed by atoms with E-state index in [1.54, 1.807) is 24.3 Å². The Morgan fingerprint density at radius 2 is 1.75 bits per heavy atom. The zero-order valence-corrected chi connectivity index (χ0v) is 15.7. The van der Waals surface area contributed by atoms with E-state index in [-0.39, 0.29) is 11.3 Å². The minimum Gasteiger partial charge on any atom is -0.497 e. The third-order valence-electron chi connectivity index (χ3n) is 4.49. The van der Waals surface area contributed by atoms with Gasteiger partial charge in [-0.2, -0.15) is 13.2 Å². The lowest BCUT2D eigenvalue weighted by molar-refractivity contribution is -0.170. The van der Waals surface area contributed by atoms with Crippen molar-refractivity contribution in [1.82, 2.24) is 4.57 Å². The number of hydrogen-bond donors (Lipinski definition) is 0. The van der Waals surface area contributed by atoms with Crippen LogP contribution < -0.4 is 4.74 Å². The van der Waals surface area contributed by atoms with Crippen molar-refractivity contribution in [2.24, 2.45) is 0 Å². The molecule has 3 aromatic rings. The summed E-state index contributed by atoms with van der Waals surface area (Å²) in [6.07, 6.45) is -5.82. The predicted molar refractivity (Wildman–Crippen MR) is 99.2 cm³/mol. The minimum absolute atomic E-state index is 0.138. The summed E-state index contributed by atoms with van der Waals surface area (Å²) < 4.78 is 44.9. The normalized spacial score (nSPS) is 11.6. The summed E-state index contributed by atoms with van der Waals surface area (Å²) in [7, 11) is 1.42. The smallest absolute Gasteiger partial charge is 0.450 e. The Morgan fingerprint density at radius 3 is 2.32 bits per heavy atom. The van der Waals surface area contributed by atoms with Crippen LogP contribution in [0.2, 0.25) is 5.02 Å². The van der Waals surface area contributed by atoms with Crippen molar-refractivity contribution in [3.63, 3.8) is 0 Å². The number of carbonyl (C=O) groups excluding carboxylic acids is 2. The molecule has 0 fully saturated rings. The van der Waals surface area contributed by atoms with E-state index in [9.17, 15) is 22.8 Å². The molecule has 0 radical (unpaired) electrons. The van der Waals surface area contributed by atoms with Gasteiger partial charge >= 0.3 is 6.18 Å². The molecule has 146 valence electrons. The molecular weight excluding hydrogens is 395 g/mol. The average Bonchev–Trinajstić information content (AvgIpc) is 2.92. The maximum atomic E-state index is 13.0. The summed E-state index contributed by atoms with van der Waals surface area (Å²) in [4.78, 5) is 24.6. The average molecular weight is 410 g/mol. The third kappa shape index (κ3) is 3.62. The van der Waals surface area contributed by atoms with Crippen molar-refractivity contribution < 1.29 is 27.5 Å². The van der Waals surface area contributed by atoms with Gasteiger partial charge in [-0.1, -0.05) is 11.6 Å². The van der Waals surface area contributed by atoms with E-state index in [2.05, 4.69) is 0 Å². The van der Waals surface area contributed by atoms with Gasteiger partial charge in [0, 0.05) is 28.1 Å². The second-order valence-corrected chi connectivity index (χ2v) is 6.63. The van der Waals surface area contributed by atoms with Gasteiger partial charge in [-0.05, 0) is 55.0 Å². The molecule has 28 heavy (non-hydrogen) atoms. The van der Waals surface area contributed by atoms with Crippen molar-refractivity contribution in [3.05, 3.63) is 64.3 Å². The fraction of sp³-hybridized carbons (Fsp3) is 0.200. The largest absolute Gasteiger partial charge is 0.497 e. The Labute approximate surface area is 163 Å². The molecule has 0 bridgehead atoms. The molecule has 0 atom stereocenters. The van der Waals surface area contributed by atoms with Crippen LogP contribution in [0.3, 0.4) is 0 Å². The van der Waals surface area contributed by atoms with Crippen LogP contribution in [0.5, 0.6) is 5.75 Å². The molecule has 0 saturated heterocycles. The zero-order chi connectivity index (χ0) is 20.6. The van der Waals surface area contributed by atoms with Gasteiger partial charge in [0.1, 0.15) is 5.75 Å². The van der Waals surface area contributed by atoms with Crippen LogP contribution in [0.25, 0.3) is 10.9 Å². The second kappa shape index (κ2) is 7.31. The van der Waals surface area contributed by atoms with Crippen molar-refractivity contribution in [3.8, 4) is 5.75 Å². The number of alkyl halides is 3. The molecule has 3 rings (SSSR count). The lowest BCUT2D eigenvalue weighted by Gasteiger charge is -2.08. The Kier molecular flexibility index (Phi) is 5.21. The standard InChI is InChI=1S/C20H15ClF3NO3/c1-11-15(10-18(26)20(22,23)24)16-9-14(28-2)7-8-17(16)25(11)19(27)12-3-5-13(21)6-4-12/h3-9H,10H2,1-2H3. The molecule has 1 heterocycles. The molecule has 2 aromatic carbocycles. The van der Waals surface area contributed by atoms with Crippen LogP contribution in [0.4, 0.5) is 13.2 Å². The van der Waals surface area contributed by atoms with Gasteiger partial charge in [0.05, 0.1) is 12.6 Å². The molecule has 0 spiro atoms. The molecule has 0 aliphatic heterocycles. The number of ether oxygens (including phenoxy) is 1. The van der Waals surface area contributed by atoms with E-state index in [0.717, 1.165) is 0 Å². The van der Waals surface area contributed by atoms with Crippen molar-refractivity contribution in [2.45, 2.75) is 19.5 Å². The van der Waals surface area contributed by atoms with Crippen LogP contribution in [-0.2, 0) is 11.2 Å². The summed E-state index contributed by atoms with van der Waals surface area (Å²) in [6, 6.07) is 10.9. The lowest BCUT2D eigenvalue weighted by Crippen LogP contribution is -2.25.